The van der Waals surface area contributed by atoms with Crippen molar-refractivity contribution in [1.82, 2.24) is 10.2 Å². The Morgan fingerprint density at radius 3 is 2.96 bits per heavy atom. The van der Waals surface area contributed by atoms with E-state index in [4.69, 9.17) is 0 Å². The van der Waals surface area contributed by atoms with Gasteiger partial charge in [-0.15, -0.1) is 10.2 Å². The number of carbonyl (C=O) groups is 2. The number of thioether (sulfide) groups is 1. The van der Waals surface area contributed by atoms with Gasteiger partial charge in [0.05, 0.1) is 17.1 Å². The third kappa shape index (κ3) is 4.34. The lowest BCUT2D eigenvalue weighted by Crippen LogP contribution is -2.40. The summed E-state index contributed by atoms with van der Waals surface area (Å²) in [6, 6.07) is 7.45. The van der Waals surface area contributed by atoms with E-state index >= 15 is 0 Å². The van der Waals surface area contributed by atoms with Crippen LogP contribution in [0.4, 0.5) is 16.5 Å². The molecule has 0 spiro atoms. The summed E-state index contributed by atoms with van der Waals surface area (Å²) >= 11 is 2.80. The zero-order valence-corrected chi connectivity index (χ0v) is 16.5. The average molecular weight is 392 g/mol. The van der Waals surface area contributed by atoms with E-state index in [1.807, 2.05) is 45.0 Å². The number of carbonyl (C=O) groups excluding carboxylic acids is 2. The van der Waals surface area contributed by atoms with Gasteiger partial charge >= 0.3 is 0 Å². The van der Waals surface area contributed by atoms with Crippen LogP contribution in [0.3, 0.4) is 0 Å². The van der Waals surface area contributed by atoms with Crippen LogP contribution < -0.4 is 15.5 Å². The molecule has 1 atom stereocenters. The van der Waals surface area contributed by atoms with Gasteiger partial charge in [-0.2, -0.15) is 0 Å². The Morgan fingerprint density at radius 1 is 1.42 bits per heavy atom. The number of anilines is 3. The predicted molar refractivity (Wildman–Crippen MR) is 106 cm³/mol. The summed E-state index contributed by atoms with van der Waals surface area (Å²) in [6.45, 7) is 5.95. The molecular formula is C17H21N5O2S2. The van der Waals surface area contributed by atoms with Gasteiger partial charge in [-0.05, 0) is 32.9 Å². The Hall–Kier alpha value is -2.13. The van der Waals surface area contributed by atoms with Crippen LogP contribution in [0.2, 0.25) is 0 Å². The molecule has 1 aromatic carbocycles. The summed E-state index contributed by atoms with van der Waals surface area (Å²) < 4.78 is 0.742. The van der Waals surface area contributed by atoms with Crippen molar-refractivity contribution in [3.05, 3.63) is 24.3 Å². The zero-order chi connectivity index (χ0) is 18.7. The minimum Gasteiger partial charge on any atom is -0.358 e. The fourth-order valence-electron chi connectivity index (χ4n) is 2.73. The lowest BCUT2D eigenvalue weighted by atomic mass is 10.2. The molecule has 0 bridgehead atoms. The van der Waals surface area contributed by atoms with Crippen LogP contribution in [0, 0.1) is 0 Å². The summed E-state index contributed by atoms with van der Waals surface area (Å²) in [5.74, 6) is 0.102. The largest absolute Gasteiger partial charge is 0.358 e. The van der Waals surface area contributed by atoms with E-state index in [0.717, 1.165) is 15.2 Å². The number of para-hydroxylation sites is 2. The maximum Gasteiger partial charge on any atom is 0.237 e. The van der Waals surface area contributed by atoms with Gasteiger partial charge in [0.2, 0.25) is 16.9 Å². The van der Waals surface area contributed by atoms with Crippen LogP contribution in [-0.2, 0) is 9.59 Å². The van der Waals surface area contributed by atoms with Gasteiger partial charge in [0.15, 0.2) is 4.34 Å². The third-order valence-electron chi connectivity index (χ3n) is 3.77. The lowest BCUT2D eigenvalue weighted by Gasteiger charge is -2.27. The quantitative estimate of drug-likeness (QED) is 0.761. The molecule has 2 N–H and O–H groups in total. The van der Waals surface area contributed by atoms with Crippen molar-refractivity contribution in [3.8, 4) is 0 Å². The molecule has 1 aliphatic rings. The molecule has 2 aromatic rings. The average Bonchev–Trinajstić information content (AvgIpc) is 2.95. The fraction of sp³-hybridized carbons (Fsp3) is 0.412. The normalized spacial score (nSPS) is 16.8. The van der Waals surface area contributed by atoms with Crippen molar-refractivity contribution in [3.63, 3.8) is 0 Å². The van der Waals surface area contributed by atoms with Gasteiger partial charge in [0.1, 0.15) is 0 Å². The van der Waals surface area contributed by atoms with E-state index in [1.54, 1.807) is 4.90 Å². The van der Waals surface area contributed by atoms with Crippen LogP contribution in [0.25, 0.3) is 0 Å². The van der Waals surface area contributed by atoms with Crippen molar-refractivity contribution in [2.45, 2.75) is 43.6 Å². The maximum atomic E-state index is 12.9. The molecule has 0 unspecified atom stereocenters. The molecule has 1 aromatic heterocycles. The minimum absolute atomic E-state index is 0.0555. The molecule has 3 rings (SSSR count). The van der Waals surface area contributed by atoms with Gasteiger partial charge in [-0.25, -0.2) is 0 Å². The fourth-order valence-corrected chi connectivity index (χ4v) is 4.49. The second-order valence-electron chi connectivity index (χ2n) is 6.34. The SMILES string of the molecule is CC(C)Nc1nnc(SCC(=O)N2c3ccccc3NC(=O)C[C@@H]2C)s1. The maximum absolute atomic E-state index is 12.9. The number of nitrogens with zero attached hydrogens (tertiary/aromatic N) is 3. The Morgan fingerprint density at radius 2 is 2.19 bits per heavy atom. The van der Waals surface area contributed by atoms with Gasteiger partial charge in [-0.1, -0.05) is 35.2 Å². The number of nitrogens with one attached hydrogen (secondary N) is 2. The van der Waals surface area contributed by atoms with E-state index < -0.39 is 0 Å². The molecule has 1 aliphatic heterocycles. The van der Waals surface area contributed by atoms with Gasteiger partial charge in [-0.3, -0.25) is 9.59 Å². The van der Waals surface area contributed by atoms with Gasteiger partial charge < -0.3 is 15.5 Å². The van der Waals surface area contributed by atoms with E-state index in [1.165, 1.54) is 23.1 Å². The first-order valence-corrected chi connectivity index (χ1v) is 10.2. The summed E-state index contributed by atoms with van der Waals surface area (Å²) in [5.41, 5.74) is 1.40. The molecule has 26 heavy (non-hydrogen) atoms. The first-order valence-electron chi connectivity index (χ1n) is 8.38. The van der Waals surface area contributed by atoms with Crippen molar-refractivity contribution < 1.29 is 9.59 Å². The highest BCUT2D eigenvalue weighted by Crippen LogP contribution is 2.33. The third-order valence-corrected chi connectivity index (χ3v) is 5.74. The minimum atomic E-state index is -0.209. The molecular weight excluding hydrogens is 370 g/mol. The summed E-state index contributed by atoms with van der Waals surface area (Å²) in [4.78, 5) is 26.6. The van der Waals surface area contributed by atoms with Crippen molar-refractivity contribution in [2.24, 2.45) is 0 Å². The Bertz CT molecular complexity index is 808. The molecule has 7 nitrogen and oxygen atoms in total. The number of aromatic nitrogens is 2. The van der Waals surface area contributed by atoms with E-state index in [9.17, 15) is 9.59 Å². The lowest BCUT2D eigenvalue weighted by molar-refractivity contribution is -0.117. The number of fused-ring (bicyclic) bond motifs is 1. The molecule has 0 radical (unpaired) electrons. The first-order chi connectivity index (χ1) is 12.4. The molecule has 2 heterocycles. The van der Waals surface area contributed by atoms with E-state index in [0.29, 0.717) is 5.69 Å². The predicted octanol–water partition coefficient (Wildman–Crippen LogP) is 3.21. The van der Waals surface area contributed by atoms with Gasteiger partial charge in [0.25, 0.3) is 0 Å². The molecule has 0 fully saturated rings. The smallest absolute Gasteiger partial charge is 0.237 e. The van der Waals surface area contributed by atoms with Crippen molar-refractivity contribution >= 4 is 51.4 Å². The van der Waals surface area contributed by atoms with Gasteiger partial charge in [0, 0.05) is 18.5 Å². The Balaban J connectivity index is 1.72. The zero-order valence-electron chi connectivity index (χ0n) is 14.9. The summed E-state index contributed by atoms with van der Waals surface area (Å²) in [6.07, 6.45) is 0.270. The van der Waals surface area contributed by atoms with Crippen molar-refractivity contribution in [2.75, 3.05) is 21.3 Å². The van der Waals surface area contributed by atoms with Crippen LogP contribution in [0.15, 0.2) is 28.6 Å². The molecule has 9 heteroatoms. The molecule has 0 saturated heterocycles. The van der Waals surface area contributed by atoms with Crippen LogP contribution in [0.5, 0.6) is 0 Å². The number of rotatable bonds is 5. The highest BCUT2D eigenvalue weighted by molar-refractivity contribution is 8.01. The number of amides is 2. The molecule has 2 amide bonds. The van der Waals surface area contributed by atoms with E-state index in [-0.39, 0.29) is 36.1 Å². The molecule has 138 valence electrons. The second-order valence-corrected chi connectivity index (χ2v) is 8.54. The molecule has 0 saturated carbocycles. The number of hydrogen-bond donors (Lipinski definition) is 2. The Kier molecular flexibility index (Phi) is 5.77. The number of benzene rings is 1. The van der Waals surface area contributed by atoms with Crippen molar-refractivity contribution in [1.29, 1.82) is 0 Å². The molecule has 0 aliphatic carbocycles. The highest BCUT2D eigenvalue weighted by atomic mass is 32.2. The summed E-state index contributed by atoms with van der Waals surface area (Å²) in [7, 11) is 0. The highest BCUT2D eigenvalue weighted by Gasteiger charge is 2.29. The second kappa shape index (κ2) is 8.05. The number of hydrogen-bond acceptors (Lipinski definition) is 7. The van der Waals surface area contributed by atoms with E-state index in [2.05, 4.69) is 20.8 Å². The monoisotopic (exact) mass is 391 g/mol. The van der Waals surface area contributed by atoms with Crippen LogP contribution >= 0.6 is 23.1 Å². The first kappa shape index (κ1) is 18.7. The van der Waals surface area contributed by atoms with Crippen LogP contribution in [-0.4, -0.2) is 39.8 Å². The van der Waals surface area contributed by atoms with Crippen LogP contribution in [0.1, 0.15) is 27.2 Å². The topological polar surface area (TPSA) is 87.2 Å². The standard InChI is InChI=1S/C17H21N5O2S2/c1-10(2)18-16-20-21-17(26-16)25-9-15(24)22-11(3)8-14(23)19-12-6-4-5-7-13(12)22/h4-7,10-11H,8-9H2,1-3H3,(H,18,20)(H,19,23)/t11-/m0/s1. The summed E-state index contributed by atoms with van der Waals surface area (Å²) in [5, 5.41) is 15.0. The Labute approximate surface area is 160 Å².